The Bertz CT molecular complexity index is 637. The molecule has 1 heterocycles. The van der Waals surface area contributed by atoms with Crippen LogP contribution in [0.4, 0.5) is 0 Å². The van der Waals surface area contributed by atoms with Crippen LogP contribution in [0.1, 0.15) is 24.2 Å². The topological polar surface area (TPSA) is 84.6 Å². The van der Waals surface area contributed by atoms with Crippen molar-refractivity contribution >= 4 is 5.96 Å². The van der Waals surface area contributed by atoms with Crippen molar-refractivity contribution in [2.24, 2.45) is 4.99 Å². The standard InChI is InChI=1S/C17H25N5O2/c1-4-18-17(19-10-9-16-21-14(3)22-24-16)20-11-12-23-15-7-5-13(2)6-8-15/h5-8H,4,9-12H2,1-3H3,(H2,18,19,20). The summed E-state index contributed by atoms with van der Waals surface area (Å²) in [4.78, 5) is 8.65. The molecule has 7 heteroatoms. The first kappa shape index (κ1) is 17.8. The van der Waals surface area contributed by atoms with Gasteiger partial charge in [0.15, 0.2) is 11.8 Å². The lowest BCUT2D eigenvalue weighted by molar-refractivity contribution is 0.322. The van der Waals surface area contributed by atoms with Crippen molar-refractivity contribution < 1.29 is 9.26 Å². The van der Waals surface area contributed by atoms with Crippen LogP contribution in [-0.2, 0) is 6.42 Å². The molecule has 0 aliphatic rings. The van der Waals surface area contributed by atoms with E-state index in [1.807, 2.05) is 31.2 Å². The monoisotopic (exact) mass is 331 g/mol. The number of aromatic nitrogens is 2. The summed E-state index contributed by atoms with van der Waals surface area (Å²) in [5.41, 5.74) is 1.22. The minimum Gasteiger partial charge on any atom is -0.492 e. The molecule has 0 saturated heterocycles. The normalized spacial score (nSPS) is 11.4. The van der Waals surface area contributed by atoms with Crippen LogP contribution >= 0.6 is 0 Å². The maximum atomic E-state index is 5.69. The zero-order valence-corrected chi connectivity index (χ0v) is 14.5. The van der Waals surface area contributed by atoms with Crippen LogP contribution in [0.3, 0.4) is 0 Å². The number of ether oxygens (including phenoxy) is 1. The quantitative estimate of drug-likeness (QED) is 0.436. The highest BCUT2D eigenvalue weighted by atomic mass is 16.5. The third kappa shape index (κ3) is 6.28. The number of guanidine groups is 1. The maximum Gasteiger partial charge on any atom is 0.228 e. The fourth-order valence-corrected chi connectivity index (χ4v) is 2.02. The summed E-state index contributed by atoms with van der Waals surface area (Å²) < 4.78 is 10.8. The Morgan fingerprint density at radius 3 is 2.67 bits per heavy atom. The molecule has 2 N–H and O–H groups in total. The van der Waals surface area contributed by atoms with Crippen LogP contribution in [-0.4, -0.2) is 42.3 Å². The van der Waals surface area contributed by atoms with Crippen LogP contribution in [0.15, 0.2) is 33.8 Å². The molecule has 0 amide bonds. The molecule has 0 aliphatic carbocycles. The number of hydrogen-bond donors (Lipinski definition) is 2. The molecule has 0 spiro atoms. The number of nitrogens with one attached hydrogen (secondary N) is 2. The molecule has 0 fully saturated rings. The first-order valence-corrected chi connectivity index (χ1v) is 8.18. The molecule has 7 nitrogen and oxygen atoms in total. The number of benzene rings is 1. The molecule has 1 aromatic heterocycles. The Hall–Kier alpha value is -2.57. The van der Waals surface area contributed by atoms with Crippen molar-refractivity contribution in [3.63, 3.8) is 0 Å². The lowest BCUT2D eigenvalue weighted by Gasteiger charge is -2.12. The zero-order valence-electron chi connectivity index (χ0n) is 14.5. The molecule has 0 aliphatic heterocycles. The summed E-state index contributed by atoms with van der Waals surface area (Å²) in [6, 6.07) is 8.02. The summed E-state index contributed by atoms with van der Waals surface area (Å²) >= 11 is 0. The van der Waals surface area contributed by atoms with Crippen LogP contribution in [0.2, 0.25) is 0 Å². The van der Waals surface area contributed by atoms with Gasteiger partial charge in [0, 0.05) is 13.0 Å². The average Bonchev–Trinajstić information content (AvgIpc) is 2.98. The highest BCUT2D eigenvalue weighted by molar-refractivity contribution is 5.79. The van der Waals surface area contributed by atoms with Crippen molar-refractivity contribution in [1.29, 1.82) is 0 Å². The van der Waals surface area contributed by atoms with Gasteiger partial charge in [-0.1, -0.05) is 22.9 Å². The lowest BCUT2D eigenvalue weighted by atomic mass is 10.2. The van der Waals surface area contributed by atoms with E-state index in [-0.39, 0.29) is 0 Å². The Kier molecular flexibility index (Phi) is 7.07. The Morgan fingerprint density at radius 1 is 1.21 bits per heavy atom. The molecular weight excluding hydrogens is 306 g/mol. The van der Waals surface area contributed by atoms with Gasteiger partial charge in [0.2, 0.25) is 5.89 Å². The minimum absolute atomic E-state index is 0.566. The van der Waals surface area contributed by atoms with E-state index in [0.29, 0.717) is 37.8 Å². The van der Waals surface area contributed by atoms with Gasteiger partial charge in [-0.25, -0.2) is 0 Å². The second-order valence-electron chi connectivity index (χ2n) is 5.33. The van der Waals surface area contributed by atoms with Gasteiger partial charge in [-0.05, 0) is 32.9 Å². The van der Waals surface area contributed by atoms with E-state index in [2.05, 4.69) is 32.7 Å². The van der Waals surface area contributed by atoms with Gasteiger partial charge in [-0.3, -0.25) is 4.99 Å². The van der Waals surface area contributed by atoms with Gasteiger partial charge in [-0.15, -0.1) is 0 Å². The van der Waals surface area contributed by atoms with Crippen molar-refractivity contribution in [2.75, 3.05) is 26.2 Å². The fraction of sp³-hybridized carbons (Fsp3) is 0.471. The second kappa shape index (κ2) is 9.54. The van der Waals surface area contributed by atoms with Crippen molar-refractivity contribution in [1.82, 2.24) is 20.8 Å². The Balaban J connectivity index is 1.71. The number of hydrogen-bond acceptors (Lipinski definition) is 5. The van der Waals surface area contributed by atoms with E-state index in [1.165, 1.54) is 5.56 Å². The van der Waals surface area contributed by atoms with E-state index in [9.17, 15) is 0 Å². The van der Waals surface area contributed by atoms with Crippen LogP contribution in [0.25, 0.3) is 0 Å². The van der Waals surface area contributed by atoms with Crippen LogP contribution in [0.5, 0.6) is 5.75 Å². The molecule has 24 heavy (non-hydrogen) atoms. The van der Waals surface area contributed by atoms with Crippen LogP contribution in [0, 0.1) is 13.8 Å². The van der Waals surface area contributed by atoms with E-state index in [4.69, 9.17) is 9.26 Å². The molecule has 0 radical (unpaired) electrons. The average molecular weight is 331 g/mol. The molecule has 0 saturated carbocycles. The third-order valence-corrected chi connectivity index (χ3v) is 3.19. The van der Waals surface area contributed by atoms with Gasteiger partial charge in [0.05, 0.1) is 13.1 Å². The van der Waals surface area contributed by atoms with E-state index < -0.39 is 0 Å². The van der Waals surface area contributed by atoms with E-state index in [1.54, 1.807) is 6.92 Å². The first-order chi connectivity index (χ1) is 11.7. The Morgan fingerprint density at radius 2 is 2.00 bits per heavy atom. The smallest absolute Gasteiger partial charge is 0.228 e. The van der Waals surface area contributed by atoms with Crippen molar-refractivity contribution in [2.45, 2.75) is 27.2 Å². The summed E-state index contributed by atoms with van der Waals surface area (Å²) in [6.45, 7) is 8.49. The predicted molar refractivity (Wildman–Crippen MR) is 93.4 cm³/mol. The van der Waals surface area contributed by atoms with Crippen molar-refractivity contribution in [3.05, 3.63) is 41.5 Å². The van der Waals surface area contributed by atoms with Gasteiger partial charge in [0.1, 0.15) is 12.4 Å². The summed E-state index contributed by atoms with van der Waals surface area (Å²) in [6.07, 6.45) is 0.622. The van der Waals surface area contributed by atoms with E-state index in [0.717, 1.165) is 18.3 Å². The molecule has 130 valence electrons. The third-order valence-electron chi connectivity index (χ3n) is 3.19. The largest absolute Gasteiger partial charge is 0.492 e. The fourth-order valence-electron chi connectivity index (χ4n) is 2.02. The molecular formula is C17H25N5O2. The molecule has 1 aromatic carbocycles. The summed E-state index contributed by atoms with van der Waals surface area (Å²) in [7, 11) is 0. The van der Waals surface area contributed by atoms with Gasteiger partial charge < -0.3 is 19.9 Å². The van der Waals surface area contributed by atoms with Gasteiger partial charge in [0.25, 0.3) is 0 Å². The maximum absolute atomic E-state index is 5.69. The summed E-state index contributed by atoms with van der Waals surface area (Å²) in [5.74, 6) is 2.87. The molecule has 0 atom stereocenters. The van der Waals surface area contributed by atoms with E-state index >= 15 is 0 Å². The summed E-state index contributed by atoms with van der Waals surface area (Å²) in [5, 5.41) is 10.2. The second-order valence-corrected chi connectivity index (χ2v) is 5.33. The SMILES string of the molecule is CCNC(=NCCc1nc(C)no1)NCCOc1ccc(C)cc1. The van der Waals surface area contributed by atoms with Gasteiger partial charge >= 0.3 is 0 Å². The van der Waals surface area contributed by atoms with Crippen molar-refractivity contribution in [3.8, 4) is 5.75 Å². The minimum atomic E-state index is 0.566. The Labute approximate surface area is 142 Å². The molecule has 0 bridgehead atoms. The molecule has 2 rings (SSSR count). The van der Waals surface area contributed by atoms with Gasteiger partial charge in [-0.2, -0.15) is 4.98 Å². The number of aryl methyl sites for hydroxylation is 2. The number of nitrogens with zero attached hydrogens (tertiary/aromatic N) is 3. The lowest BCUT2D eigenvalue weighted by Crippen LogP contribution is -2.39. The molecule has 0 unspecified atom stereocenters. The number of rotatable bonds is 8. The zero-order chi connectivity index (χ0) is 17.2. The highest BCUT2D eigenvalue weighted by Crippen LogP contribution is 2.10. The van der Waals surface area contributed by atoms with Crippen LogP contribution < -0.4 is 15.4 Å². The number of aliphatic imine (C=N–C) groups is 1. The molecule has 2 aromatic rings. The predicted octanol–water partition coefficient (Wildman–Crippen LogP) is 1.86. The first-order valence-electron chi connectivity index (χ1n) is 8.18. The highest BCUT2D eigenvalue weighted by Gasteiger charge is 2.02.